The summed E-state index contributed by atoms with van der Waals surface area (Å²) in [4.78, 5) is 11.1. The molecule has 0 aliphatic heterocycles. The zero-order valence-corrected chi connectivity index (χ0v) is 12.7. The van der Waals surface area contributed by atoms with Crippen LogP contribution in [-0.2, 0) is 0 Å². The fraction of sp³-hybridized carbons (Fsp3) is 0.316. The van der Waals surface area contributed by atoms with E-state index in [4.69, 9.17) is 5.73 Å². The molecule has 1 saturated carbocycles. The molecule has 0 aromatic heterocycles. The Kier molecular flexibility index (Phi) is 4.42. The van der Waals surface area contributed by atoms with E-state index in [1.54, 1.807) is 12.1 Å². The van der Waals surface area contributed by atoms with Crippen molar-refractivity contribution in [2.45, 2.75) is 25.2 Å². The molecular weight excluding hydrogens is 272 g/mol. The quantitative estimate of drug-likeness (QED) is 0.881. The number of carbonyl (C=O) groups is 1. The second kappa shape index (κ2) is 6.65. The van der Waals surface area contributed by atoms with Crippen LogP contribution in [0.1, 0.15) is 41.1 Å². The summed E-state index contributed by atoms with van der Waals surface area (Å²) in [6.07, 6.45) is 3.79. The Morgan fingerprint density at radius 3 is 2.45 bits per heavy atom. The van der Waals surface area contributed by atoms with Crippen LogP contribution in [0.2, 0.25) is 0 Å². The lowest BCUT2D eigenvalue weighted by Crippen LogP contribution is -2.13. The van der Waals surface area contributed by atoms with Crippen LogP contribution < -0.4 is 11.1 Å². The van der Waals surface area contributed by atoms with E-state index in [-0.39, 0.29) is 5.91 Å². The lowest BCUT2D eigenvalue weighted by atomic mass is 9.96. The highest BCUT2D eigenvalue weighted by Gasteiger charge is 2.25. The number of hydrogen-bond acceptors (Lipinski definition) is 2. The van der Waals surface area contributed by atoms with Crippen molar-refractivity contribution in [2.24, 2.45) is 11.7 Å². The zero-order chi connectivity index (χ0) is 15.4. The molecule has 3 rings (SSSR count). The van der Waals surface area contributed by atoms with Gasteiger partial charge in [-0.3, -0.25) is 4.79 Å². The molecule has 22 heavy (non-hydrogen) atoms. The zero-order valence-electron chi connectivity index (χ0n) is 12.7. The van der Waals surface area contributed by atoms with Crippen molar-refractivity contribution in [2.75, 3.05) is 11.9 Å². The summed E-state index contributed by atoms with van der Waals surface area (Å²) in [5.41, 5.74) is 8.32. The van der Waals surface area contributed by atoms with Crippen molar-refractivity contribution in [1.82, 2.24) is 0 Å². The van der Waals surface area contributed by atoms with Crippen LogP contribution in [0, 0.1) is 5.92 Å². The highest BCUT2D eigenvalue weighted by molar-refractivity contribution is 5.93. The Labute approximate surface area is 131 Å². The summed E-state index contributed by atoms with van der Waals surface area (Å²) in [6, 6.07) is 18.2. The second-order valence-corrected chi connectivity index (χ2v) is 6.11. The number of amides is 1. The van der Waals surface area contributed by atoms with E-state index < -0.39 is 0 Å². The Bertz CT molecular complexity index is 622. The normalized spacial score (nSPS) is 20.7. The first kappa shape index (κ1) is 14.6. The van der Waals surface area contributed by atoms with Crippen LogP contribution in [0.15, 0.2) is 54.6 Å². The Balaban J connectivity index is 1.51. The van der Waals surface area contributed by atoms with E-state index in [0.717, 1.165) is 12.2 Å². The number of rotatable bonds is 5. The minimum atomic E-state index is -0.381. The highest BCUT2D eigenvalue weighted by Crippen LogP contribution is 2.38. The van der Waals surface area contributed by atoms with E-state index in [9.17, 15) is 4.79 Å². The number of anilines is 1. The molecule has 0 spiro atoms. The fourth-order valence-corrected chi connectivity index (χ4v) is 3.30. The van der Waals surface area contributed by atoms with Gasteiger partial charge in [-0.1, -0.05) is 30.3 Å². The molecule has 1 aliphatic rings. The van der Waals surface area contributed by atoms with E-state index in [0.29, 0.717) is 17.4 Å². The van der Waals surface area contributed by atoms with E-state index >= 15 is 0 Å². The van der Waals surface area contributed by atoms with Crippen molar-refractivity contribution in [3.05, 3.63) is 65.7 Å². The summed E-state index contributed by atoms with van der Waals surface area (Å²) in [5.74, 6) is 1.03. The molecular formula is C19H22N2O. The number of nitrogens with one attached hydrogen (secondary N) is 1. The van der Waals surface area contributed by atoms with E-state index in [1.165, 1.54) is 24.8 Å². The van der Waals surface area contributed by atoms with Crippen molar-refractivity contribution < 1.29 is 4.79 Å². The molecule has 3 N–H and O–H groups in total. The van der Waals surface area contributed by atoms with Gasteiger partial charge < -0.3 is 11.1 Å². The van der Waals surface area contributed by atoms with Gasteiger partial charge in [-0.25, -0.2) is 0 Å². The van der Waals surface area contributed by atoms with E-state index in [1.807, 2.05) is 12.1 Å². The van der Waals surface area contributed by atoms with Crippen LogP contribution in [0.5, 0.6) is 0 Å². The molecule has 0 bridgehead atoms. The van der Waals surface area contributed by atoms with Gasteiger partial charge in [0.2, 0.25) is 5.91 Å². The monoisotopic (exact) mass is 294 g/mol. The largest absolute Gasteiger partial charge is 0.385 e. The van der Waals surface area contributed by atoms with Gasteiger partial charge in [0.15, 0.2) is 0 Å². The fourth-order valence-electron chi connectivity index (χ4n) is 3.30. The molecule has 0 saturated heterocycles. The molecule has 1 aliphatic carbocycles. The molecule has 2 aromatic carbocycles. The lowest BCUT2D eigenvalue weighted by molar-refractivity contribution is 0.100. The van der Waals surface area contributed by atoms with Crippen molar-refractivity contribution in [3.63, 3.8) is 0 Å². The van der Waals surface area contributed by atoms with Gasteiger partial charge in [0.05, 0.1) is 0 Å². The standard InChI is InChI=1S/C19H22N2O/c20-19(22)16-8-10-18(11-9-16)21-13-14-6-7-17(12-14)15-4-2-1-3-5-15/h1-5,8-11,14,17,21H,6-7,12-13H2,(H2,20,22)/t14-,17-/m1/s1. The van der Waals surface area contributed by atoms with Gasteiger partial charge in [-0.2, -0.15) is 0 Å². The Morgan fingerprint density at radius 1 is 1.05 bits per heavy atom. The minimum Gasteiger partial charge on any atom is -0.385 e. The van der Waals surface area contributed by atoms with Gasteiger partial charge in [-0.05, 0) is 60.9 Å². The lowest BCUT2D eigenvalue weighted by Gasteiger charge is -2.14. The molecule has 3 heteroatoms. The Hall–Kier alpha value is -2.29. The van der Waals surface area contributed by atoms with Gasteiger partial charge in [-0.15, -0.1) is 0 Å². The first-order valence-electron chi connectivity index (χ1n) is 7.91. The summed E-state index contributed by atoms with van der Waals surface area (Å²) < 4.78 is 0. The molecule has 0 heterocycles. The van der Waals surface area contributed by atoms with Crippen molar-refractivity contribution in [1.29, 1.82) is 0 Å². The molecule has 2 aromatic rings. The molecule has 0 unspecified atom stereocenters. The third-order valence-electron chi connectivity index (χ3n) is 4.58. The average molecular weight is 294 g/mol. The first-order valence-corrected chi connectivity index (χ1v) is 7.91. The number of benzene rings is 2. The maximum Gasteiger partial charge on any atom is 0.248 e. The summed E-state index contributed by atoms with van der Waals surface area (Å²) in [5, 5.41) is 3.47. The molecule has 3 nitrogen and oxygen atoms in total. The van der Waals surface area contributed by atoms with Crippen LogP contribution in [0.3, 0.4) is 0 Å². The minimum absolute atomic E-state index is 0.381. The number of carbonyl (C=O) groups excluding carboxylic acids is 1. The molecule has 0 radical (unpaired) electrons. The van der Waals surface area contributed by atoms with E-state index in [2.05, 4.69) is 35.6 Å². The van der Waals surface area contributed by atoms with Crippen molar-refractivity contribution >= 4 is 11.6 Å². The van der Waals surface area contributed by atoms with Crippen molar-refractivity contribution in [3.8, 4) is 0 Å². The van der Waals surface area contributed by atoms with Crippen LogP contribution in [0.25, 0.3) is 0 Å². The topological polar surface area (TPSA) is 55.1 Å². The average Bonchev–Trinajstić information content (AvgIpc) is 3.03. The molecule has 1 amide bonds. The summed E-state index contributed by atoms with van der Waals surface area (Å²) in [7, 11) is 0. The molecule has 2 atom stereocenters. The highest BCUT2D eigenvalue weighted by atomic mass is 16.1. The second-order valence-electron chi connectivity index (χ2n) is 6.11. The Morgan fingerprint density at radius 2 is 1.77 bits per heavy atom. The predicted molar refractivity (Wildman–Crippen MR) is 90.0 cm³/mol. The maximum absolute atomic E-state index is 11.1. The number of primary amides is 1. The van der Waals surface area contributed by atoms with Gasteiger partial charge >= 0.3 is 0 Å². The van der Waals surface area contributed by atoms with Crippen LogP contribution >= 0.6 is 0 Å². The maximum atomic E-state index is 11.1. The summed E-state index contributed by atoms with van der Waals surface area (Å²) >= 11 is 0. The number of nitrogens with two attached hydrogens (primary N) is 1. The molecule has 1 fully saturated rings. The van der Waals surface area contributed by atoms with Gasteiger partial charge in [0.25, 0.3) is 0 Å². The molecule has 114 valence electrons. The SMILES string of the molecule is NC(=O)c1ccc(NC[C@@H]2CC[C@@H](c3ccccc3)C2)cc1. The van der Waals surface area contributed by atoms with Crippen LogP contribution in [0.4, 0.5) is 5.69 Å². The van der Waals surface area contributed by atoms with Crippen LogP contribution in [-0.4, -0.2) is 12.5 Å². The third-order valence-corrected chi connectivity index (χ3v) is 4.58. The van der Waals surface area contributed by atoms with Gasteiger partial charge in [0, 0.05) is 17.8 Å². The third kappa shape index (κ3) is 3.48. The van der Waals surface area contributed by atoms with Gasteiger partial charge in [0.1, 0.15) is 0 Å². The predicted octanol–water partition coefficient (Wildman–Crippen LogP) is 3.78. The smallest absolute Gasteiger partial charge is 0.248 e. The number of hydrogen-bond donors (Lipinski definition) is 2. The first-order chi connectivity index (χ1) is 10.7. The summed E-state index contributed by atoms with van der Waals surface area (Å²) in [6.45, 7) is 0.985.